The lowest BCUT2D eigenvalue weighted by molar-refractivity contribution is -0.143. The number of aliphatic carboxylic acids is 1. The van der Waals surface area contributed by atoms with Crippen molar-refractivity contribution in [2.75, 3.05) is 0 Å². The van der Waals surface area contributed by atoms with Crippen LogP contribution in [0.1, 0.15) is 25.3 Å². The third-order valence-electron chi connectivity index (χ3n) is 2.68. The number of rotatable bonds is 4. The molecule has 1 N–H and O–H groups in total. The molecule has 0 aliphatic rings. The molecule has 3 nitrogen and oxygen atoms in total. The van der Waals surface area contributed by atoms with E-state index in [0.29, 0.717) is 0 Å². The van der Waals surface area contributed by atoms with Gasteiger partial charge in [-0.25, -0.2) is 4.39 Å². The Morgan fingerprint density at radius 1 is 1.56 bits per heavy atom. The van der Waals surface area contributed by atoms with E-state index in [9.17, 15) is 9.18 Å². The number of benzene rings is 1. The molecule has 0 aliphatic heterocycles. The molecule has 4 heteroatoms. The average molecular weight is 221 g/mol. The van der Waals surface area contributed by atoms with Gasteiger partial charge in [-0.1, -0.05) is 18.2 Å². The summed E-state index contributed by atoms with van der Waals surface area (Å²) in [5.41, 5.74) is -1.22. The summed E-state index contributed by atoms with van der Waals surface area (Å²) in [5.74, 6) is -1.67. The second-order valence-electron chi connectivity index (χ2n) is 3.78. The molecule has 1 rings (SSSR count). The molecule has 1 aromatic rings. The Morgan fingerprint density at radius 3 is 2.69 bits per heavy atom. The van der Waals surface area contributed by atoms with Crippen LogP contribution in [0.15, 0.2) is 24.3 Å². The molecule has 1 aromatic carbocycles. The van der Waals surface area contributed by atoms with Gasteiger partial charge in [0.15, 0.2) is 0 Å². The lowest BCUT2D eigenvalue weighted by Gasteiger charge is -2.24. The van der Waals surface area contributed by atoms with Gasteiger partial charge in [0.2, 0.25) is 0 Å². The highest BCUT2D eigenvalue weighted by atomic mass is 19.1. The van der Waals surface area contributed by atoms with Crippen molar-refractivity contribution in [1.82, 2.24) is 0 Å². The van der Waals surface area contributed by atoms with Crippen molar-refractivity contribution in [3.05, 3.63) is 35.6 Å². The molecular formula is C12H12FNO2. The molecule has 0 saturated heterocycles. The summed E-state index contributed by atoms with van der Waals surface area (Å²) in [5, 5.41) is 17.7. The number of hydrogen-bond donors (Lipinski definition) is 1. The van der Waals surface area contributed by atoms with E-state index in [0.717, 1.165) is 0 Å². The normalized spacial score (nSPS) is 13.8. The fourth-order valence-electron chi connectivity index (χ4n) is 1.57. The van der Waals surface area contributed by atoms with E-state index in [2.05, 4.69) is 0 Å². The summed E-state index contributed by atoms with van der Waals surface area (Å²) in [7, 11) is 0. The number of nitriles is 1. The molecule has 0 aliphatic carbocycles. The van der Waals surface area contributed by atoms with E-state index in [1.807, 2.05) is 6.07 Å². The Morgan fingerprint density at radius 2 is 2.19 bits per heavy atom. The molecule has 0 fully saturated rings. The monoisotopic (exact) mass is 221 g/mol. The Labute approximate surface area is 93.1 Å². The summed E-state index contributed by atoms with van der Waals surface area (Å²) < 4.78 is 13.5. The maximum Gasteiger partial charge on any atom is 0.313 e. The molecule has 1 atom stereocenters. The third-order valence-corrected chi connectivity index (χ3v) is 2.68. The first-order valence-corrected chi connectivity index (χ1v) is 4.87. The van der Waals surface area contributed by atoms with Gasteiger partial charge in [0, 0.05) is 12.0 Å². The van der Waals surface area contributed by atoms with Crippen LogP contribution in [0.25, 0.3) is 0 Å². The number of nitrogens with zero attached hydrogens (tertiary/aromatic N) is 1. The summed E-state index contributed by atoms with van der Waals surface area (Å²) in [6, 6.07) is 7.65. The van der Waals surface area contributed by atoms with Gasteiger partial charge >= 0.3 is 5.97 Å². The maximum absolute atomic E-state index is 13.5. The van der Waals surface area contributed by atoms with Crippen molar-refractivity contribution < 1.29 is 14.3 Å². The predicted molar refractivity (Wildman–Crippen MR) is 56.2 cm³/mol. The number of carbonyl (C=O) groups is 1. The van der Waals surface area contributed by atoms with Gasteiger partial charge in [-0.05, 0) is 19.4 Å². The van der Waals surface area contributed by atoms with Crippen molar-refractivity contribution in [1.29, 1.82) is 5.26 Å². The zero-order valence-corrected chi connectivity index (χ0v) is 8.90. The Bertz CT molecular complexity index is 439. The van der Waals surface area contributed by atoms with Crippen LogP contribution in [-0.2, 0) is 10.2 Å². The SMILES string of the molecule is CC(CCC#N)(C(=O)O)c1ccccc1F. The molecule has 0 spiro atoms. The second kappa shape index (κ2) is 4.75. The van der Waals surface area contributed by atoms with E-state index in [1.165, 1.54) is 25.1 Å². The van der Waals surface area contributed by atoms with Crippen LogP contribution in [0, 0.1) is 17.1 Å². The number of hydrogen-bond acceptors (Lipinski definition) is 2. The van der Waals surface area contributed by atoms with Crippen LogP contribution in [0.2, 0.25) is 0 Å². The van der Waals surface area contributed by atoms with Crippen molar-refractivity contribution in [3.63, 3.8) is 0 Å². The molecule has 0 amide bonds. The Balaban J connectivity index is 3.17. The Kier molecular flexibility index (Phi) is 3.62. The summed E-state index contributed by atoms with van der Waals surface area (Å²) in [4.78, 5) is 11.2. The van der Waals surface area contributed by atoms with Crippen LogP contribution in [-0.4, -0.2) is 11.1 Å². The van der Waals surface area contributed by atoms with E-state index < -0.39 is 17.2 Å². The highest BCUT2D eigenvalue weighted by molar-refractivity contribution is 5.80. The van der Waals surface area contributed by atoms with Crippen LogP contribution in [0.4, 0.5) is 4.39 Å². The molecule has 0 heterocycles. The highest BCUT2D eigenvalue weighted by Gasteiger charge is 2.36. The van der Waals surface area contributed by atoms with Crippen molar-refractivity contribution in [3.8, 4) is 6.07 Å². The van der Waals surface area contributed by atoms with Gasteiger partial charge in [-0.2, -0.15) is 5.26 Å². The van der Waals surface area contributed by atoms with Crippen molar-refractivity contribution in [2.45, 2.75) is 25.2 Å². The molecule has 0 saturated carbocycles. The van der Waals surface area contributed by atoms with Crippen LogP contribution in [0.5, 0.6) is 0 Å². The number of carboxylic acids is 1. The van der Waals surface area contributed by atoms with Crippen LogP contribution < -0.4 is 0 Å². The minimum atomic E-state index is -1.35. The first-order valence-electron chi connectivity index (χ1n) is 4.87. The Hall–Kier alpha value is -1.89. The second-order valence-corrected chi connectivity index (χ2v) is 3.78. The number of halogens is 1. The standard InChI is InChI=1S/C12H12FNO2/c1-12(11(15)16,7-4-8-14)9-5-2-3-6-10(9)13/h2-3,5-6H,4,7H2,1H3,(H,15,16). The molecule has 84 valence electrons. The third kappa shape index (κ3) is 2.19. The van der Waals surface area contributed by atoms with Gasteiger partial charge < -0.3 is 5.11 Å². The van der Waals surface area contributed by atoms with Crippen LogP contribution >= 0.6 is 0 Å². The van der Waals surface area contributed by atoms with E-state index in [-0.39, 0.29) is 18.4 Å². The zero-order valence-electron chi connectivity index (χ0n) is 8.90. The number of carboxylic acid groups (broad SMARTS) is 1. The highest BCUT2D eigenvalue weighted by Crippen LogP contribution is 2.31. The van der Waals surface area contributed by atoms with Crippen molar-refractivity contribution >= 4 is 5.97 Å². The van der Waals surface area contributed by atoms with Gasteiger partial charge in [0.05, 0.1) is 11.5 Å². The van der Waals surface area contributed by atoms with Crippen molar-refractivity contribution in [2.24, 2.45) is 0 Å². The fourth-order valence-corrected chi connectivity index (χ4v) is 1.57. The van der Waals surface area contributed by atoms with Gasteiger partial charge in [0.1, 0.15) is 5.82 Å². The average Bonchev–Trinajstić information content (AvgIpc) is 2.26. The minimum absolute atomic E-state index is 0.0805. The van der Waals surface area contributed by atoms with Gasteiger partial charge in [-0.3, -0.25) is 4.79 Å². The zero-order chi connectivity index (χ0) is 12.2. The molecule has 0 radical (unpaired) electrons. The smallest absolute Gasteiger partial charge is 0.313 e. The first-order chi connectivity index (χ1) is 7.52. The summed E-state index contributed by atoms with van der Waals surface area (Å²) in [6.07, 6.45) is 0.177. The molecule has 0 aromatic heterocycles. The maximum atomic E-state index is 13.5. The first kappa shape index (κ1) is 12.2. The minimum Gasteiger partial charge on any atom is -0.481 e. The molecule has 16 heavy (non-hydrogen) atoms. The van der Waals surface area contributed by atoms with E-state index in [4.69, 9.17) is 10.4 Å². The predicted octanol–water partition coefficient (Wildman–Crippen LogP) is 2.47. The largest absolute Gasteiger partial charge is 0.481 e. The summed E-state index contributed by atoms with van der Waals surface area (Å²) >= 11 is 0. The lowest BCUT2D eigenvalue weighted by Crippen LogP contribution is -2.33. The fraction of sp³-hybridized carbons (Fsp3) is 0.333. The quantitative estimate of drug-likeness (QED) is 0.849. The topological polar surface area (TPSA) is 61.1 Å². The van der Waals surface area contributed by atoms with E-state index in [1.54, 1.807) is 6.07 Å². The van der Waals surface area contributed by atoms with Crippen LogP contribution in [0.3, 0.4) is 0 Å². The van der Waals surface area contributed by atoms with E-state index >= 15 is 0 Å². The lowest BCUT2D eigenvalue weighted by atomic mass is 9.78. The summed E-state index contributed by atoms with van der Waals surface area (Å²) in [6.45, 7) is 1.44. The molecular weight excluding hydrogens is 209 g/mol. The molecule has 1 unspecified atom stereocenters. The van der Waals surface area contributed by atoms with Gasteiger partial charge in [0.25, 0.3) is 0 Å². The van der Waals surface area contributed by atoms with Gasteiger partial charge in [-0.15, -0.1) is 0 Å². The molecule has 0 bridgehead atoms.